The van der Waals surface area contributed by atoms with Crippen molar-refractivity contribution in [2.45, 2.75) is 5.75 Å². The number of rotatable bonds is 2. The van der Waals surface area contributed by atoms with Crippen LogP contribution in [-0.4, -0.2) is 4.98 Å². The van der Waals surface area contributed by atoms with Crippen LogP contribution in [0.25, 0.3) is 0 Å². The van der Waals surface area contributed by atoms with E-state index in [0.717, 1.165) is 11.3 Å². The molecule has 0 aliphatic carbocycles. The fourth-order valence-corrected chi connectivity index (χ4v) is 1.56. The average molecular weight is 192 g/mol. The van der Waals surface area contributed by atoms with Gasteiger partial charge in [-0.3, -0.25) is 4.98 Å². The molecule has 1 aromatic rings. The van der Waals surface area contributed by atoms with Crippen molar-refractivity contribution in [2.24, 2.45) is 0 Å². The molecule has 0 aliphatic heterocycles. The average Bonchev–Trinajstić information content (AvgIpc) is 1.88. The summed E-state index contributed by atoms with van der Waals surface area (Å²) in [5.41, 5.74) is 1.10. The van der Waals surface area contributed by atoms with Crippen LogP contribution in [0.1, 0.15) is 5.56 Å². The number of pyridine rings is 1. The number of halogens is 1. The molecule has 54 valence electrons. The summed E-state index contributed by atoms with van der Waals surface area (Å²) < 4.78 is 0. The van der Waals surface area contributed by atoms with E-state index in [-0.39, 0.29) is 0 Å². The van der Waals surface area contributed by atoms with E-state index in [1.54, 1.807) is 12.4 Å². The Morgan fingerprint density at radius 1 is 1.60 bits per heavy atom. The highest BCUT2D eigenvalue weighted by Crippen LogP contribution is 2.16. The minimum Gasteiger partial charge on any atom is -0.263 e. The second-order valence-corrected chi connectivity index (χ2v) is 3.54. The number of hydrogen-bond acceptors (Lipinski definition) is 3. The topological polar surface area (TPSA) is 12.9 Å². The van der Waals surface area contributed by atoms with E-state index in [9.17, 15) is 0 Å². The number of hydrogen-bond donors (Lipinski definition) is 1. The molecule has 0 unspecified atom stereocenters. The monoisotopic (exact) mass is 191 g/mol. The van der Waals surface area contributed by atoms with E-state index in [2.05, 4.69) is 16.6 Å². The Morgan fingerprint density at radius 3 is 3.00 bits per heavy atom. The third-order valence-electron chi connectivity index (χ3n) is 0.993. The Hall–Kier alpha value is 0.140. The summed E-state index contributed by atoms with van der Waals surface area (Å²) in [5, 5.41) is 0.680. The zero-order valence-corrected chi connectivity index (χ0v) is 7.59. The first kappa shape index (κ1) is 8.24. The first-order valence-electron chi connectivity index (χ1n) is 2.68. The predicted molar refractivity (Wildman–Crippen MR) is 49.5 cm³/mol. The summed E-state index contributed by atoms with van der Waals surface area (Å²) in [7, 11) is 1.46. The normalized spacial score (nSPS) is 9.80. The maximum Gasteiger partial charge on any atom is 0.0592 e. The van der Waals surface area contributed by atoms with Gasteiger partial charge in [0.15, 0.2) is 0 Å². The van der Waals surface area contributed by atoms with Gasteiger partial charge in [-0.1, -0.05) is 22.4 Å². The molecule has 0 bridgehead atoms. The molecule has 0 fully saturated rings. The van der Waals surface area contributed by atoms with Crippen LogP contribution in [0.2, 0.25) is 5.02 Å². The Labute approximate surface area is 74.0 Å². The van der Waals surface area contributed by atoms with Gasteiger partial charge < -0.3 is 0 Å². The van der Waals surface area contributed by atoms with Crippen molar-refractivity contribution in [3.63, 3.8) is 0 Å². The highest BCUT2D eigenvalue weighted by molar-refractivity contribution is 8.68. The van der Waals surface area contributed by atoms with E-state index in [1.165, 1.54) is 10.8 Å². The van der Waals surface area contributed by atoms with Crippen LogP contribution in [0.5, 0.6) is 0 Å². The molecule has 0 aliphatic rings. The fraction of sp³-hybridized carbons (Fsp3) is 0.167. The van der Waals surface area contributed by atoms with Gasteiger partial charge in [-0.15, -0.1) is 11.7 Å². The Bertz CT molecular complexity index is 217. The number of thiol groups is 1. The van der Waals surface area contributed by atoms with Crippen LogP contribution >= 0.6 is 34.1 Å². The lowest BCUT2D eigenvalue weighted by atomic mass is 10.3. The van der Waals surface area contributed by atoms with Gasteiger partial charge in [0.2, 0.25) is 0 Å². The molecule has 0 N–H and O–H groups in total. The van der Waals surface area contributed by atoms with E-state index in [0.29, 0.717) is 5.02 Å². The highest BCUT2D eigenvalue weighted by Gasteiger charge is 1.92. The summed E-state index contributed by atoms with van der Waals surface area (Å²) >= 11 is 9.70. The molecule has 4 heteroatoms. The van der Waals surface area contributed by atoms with Crippen LogP contribution in [0, 0.1) is 0 Å². The zero-order chi connectivity index (χ0) is 7.40. The second-order valence-electron chi connectivity index (χ2n) is 1.78. The molecule has 0 aromatic carbocycles. The van der Waals surface area contributed by atoms with Crippen molar-refractivity contribution in [1.29, 1.82) is 0 Å². The number of aromatic nitrogens is 1. The van der Waals surface area contributed by atoms with Gasteiger partial charge in [-0.05, 0) is 11.6 Å². The molecule has 1 aromatic heterocycles. The van der Waals surface area contributed by atoms with Gasteiger partial charge in [-0.25, -0.2) is 0 Å². The van der Waals surface area contributed by atoms with E-state index >= 15 is 0 Å². The van der Waals surface area contributed by atoms with Gasteiger partial charge in [0.1, 0.15) is 0 Å². The smallest absolute Gasteiger partial charge is 0.0592 e. The molecular weight excluding hydrogens is 186 g/mol. The minimum absolute atomic E-state index is 0.680. The molecular formula is C6H6ClNS2. The number of nitrogens with zero attached hydrogens (tertiary/aromatic N) is 1. The van der Waals surface area contributed by atoms with Gasteiger partial charge in [0.05, 0.1) is 5.02 Å². The fourth-order valence-electron chi connectivity index (χ4n) is 0.609. The highest BCUT2D eigenvalue weighted by atomic mass is 35.5. The van der Waals surface area contributed by atoms with Gasteiger partial charge >= 0.3 is 0 Å². The van der Waals surface area contributed by atoms with Crippen molar-refractivity contribution in [1.82, 2.24) is 4.98 Å². The largest absolute Gasteiger partial charge is 0.263 e. The van der Waals surface area contributed by atoms with Crippen LogP contribution in [-0.2, 0) is 5.75 Å². The van der Waals surface area contributed by atoms with Crippen LogP contribution in [0.4, 0.5) is 0 Å². The van der Waals surface area contributed by atoms with Crippen molar-refractivity contribution in [3.8, 4) is 0 Å². The zero-order valence-electron chi connectivity index (χ0n) is 5.12. The summed E-state index contributed by atoms with van der Waals surface area (Å²) in [6.45, 7) is 0. The SMILES string of the molecule is SSCc1cncc(Cl)c1. The summed E-state index contributed by atoms with van der Waals surface area (Å²) in [4.78, 5) is 3.92. The van der Waals surface area contributed by atoms with Crippen molar-refractivity contribution < 1.29 is 0 Å². The van der Waals surface area contributed by atoms with Crippen molar-refractivity contribution in [3.05, 3.63) is 29.0 Å². The second kappa shape index (κ2) is 4.11. The van der Waals surface area contributed by atoms with Gasteiger partial charge in [0, 0.05) is 18.1 Å². The minimum atomic E-state index is 0.680. The standard InChI is InChI=1S/C6H6ClNS2/c7-6-1-5(4-10-9)2-8-3-6/h1-3,9H,4H2. The Balaban J connectivity index is 2.75. The molecule has 0 saturated carbocycles. The summed E-state index contributed by atoms with van der Waals surface area (Å²) in [6.07, 6.45) is 3.41. The summed E-state index contributed by atoms with van der Waals surface area (Å²) in [6, 6.07) is 1.89. The third-order valence-corrected chi connectivity index (χ3v) is 2.05. The first-order chi connectivity index (χ1) is 4.83. The van der Waals surface area contributed by atoms with Gasteiger partial charge in [0.25, 0.3) is 0 Å². The van der Waals surface area contributed by atoms with Crippen molar-refractivity contribution in [2.75, 3.05) is 0 Å². The van der Waals surface area contributed by atoms with E-state index in [4.69, 9.17) is 11.6 Å². The summed E-state index contributed by atoms with van der Waals surface area (Å²) in [5.74, 6) is 0.844. The predicted octanol–water partition coefficient (Wildman–Crippen LogP) is 2.81. The Morgan fingerprint density at radius 2 is 2.40 bits per heavy atom. The molecule has 0 spiro atoms. The lowest BCUT2D eigenvalue weighted by Gasteiger charge is -1.95. The lowest BCUT2D eigenvalue weighted by Crippen LogP contribution is -1.79. The Kier molecular flexibility index (Phi) is 3.39. The van der Waals surface area contributed by atoms with E-state index < -0.39 is 0 Å². The molecule has 0 atom stereocenters. The molecule has 0 radical (unpaired) electrons. The molecule has 10 heavy (non-hydrogen) atoms. The molecule has 0 amide bonds. The quantitative estimate of drug-likeness (QED) is 0.571. The molecule has 1 nitrogen and oxygen atoms in total. The van der Waals surface area contributed by atoms with Crippen LogP contribution in [0.3, 0.4) is 0 Å². The van der Waals surface area contributed by atoms with Crippen LogP contribution < -0.4 is 0 Å². The van der Waals surface area contributed by atoms with Crippen molar-refractivity contribution >= 4 is 34.1 Å². The van der Waals surface area contributed by atoms with Crippen LogP contribution in [0.15, 0.2) is 18.5 Å². The lowest BCUT2D eigenvalue weighted by molar-refractivity contribution is 1.25. The van der Waals surface area contributed by atoms with Gasteiger partial charge in [-0.2, -0.15) is 0 Å². The third kappa shape index (κ3) is 2.40. The molecule has 0 saturated heterocycles. The maximum atomic E-state index is 5.68. The molecule has 1 heterocycles. The molecule has 1 rings (SSSR count). The van der Waals surface area contributed by atoms with E-state index in [1.807, 2.05) is 6.07 Å². The first-order valence-corrected chi connectivity index (χ1v) is 5.10. The maximum absolute atomic E-state index is 5.68.